The van der Waals surface area contributed by atoms with Crippen LogP contribution >= 0.6 is 11.3 Å². The first-order valence-electron chi connectivity index (χ1n) is 11.9. The molecule has 4 amide bonds. The van der Waals surface area contributed by atoms with Crippen LogP contribution in [0.5, 0.6) is 0 Å². The largest absolute Gasteiger partial charge is 0.295 e. The van der Waals surface area contributed by atoms with Crippen LogP contribution in [0.25, 0.3) is 15.8 Å². The molecule has 0 bridgehead atoms. The third-order valence-electron chi connectivity index (χ3n) is 6.94. The number of fused-ring (bicyclic) bond motifs is 2. The Balaban J connectivity index is 1.18. The van der Waals surface area contributed by atoms with Crippen LogP contribution < -0.4 is 5.32 Å². The standard InChI is InChI=1S/C26H23N5O4S/c1-14-27-22(18-8-11-36-24(18)28-14)16-6-9-30(10-7-16)13-15-2-3-17-19(12-15)26(35)31(25(17)34)20-4-5-21(32)29-23(20)33/h2-3,6,8,11-12,20H,4-5,7,9-10,13H2,1H3,(H,29,32,33). The van der Waals surface area contributed by atoms with Crippen molar-refractivity contribution in [3.63, 3.8) is 0 Å². The maximum Gasteiger partial charge on any atom is 0.262 e. The fourth-order valence-electron chi connectivity index (χ4n) is 5.15. The predicted octanol–water partition coefficient (Wildman–Crippen LogP) is 2.69. The van der Waals surface area contributed by atoms with Gasteiger partial charge in [0, 0.05) is 31.4 Å². The number of hydrogen-bond acceptors (Lipinski definition) is 8. The first kappa shape index (κ1) is 22.7. The molecule has 1 N–H and O–H groups in total. The van der Waals surface area contributed by atoms with E-state index < -0.39 is 23.8 Å². The van der Waals surface area contributed by atoms with Crippen LogP contribution in [0.15, 0.2) is 35.7 Å². The van der Waals surface area contributed by atoms with Gasteiger partial charge in [0.1, 0.15) is 16.7 Å². The smallest absolute Gasteiger partial charge is 0.262 e. The highest BCUT2D eigenvalue weighted by Crippen LogP contribution is 2.31. The van der Waals surface area contributed by atoms with Crippen LogP contribution in [0, 0.1) is 6.92 Å². The van der Waals surface area contributed by atoms with Gasteiger partial charge in [-0.25, -0.2) is 9.97 Å². The number of rotatable bonds is 4. The van der Waals surface area contributed by atoms with Gasteiger partial charge in [-0.1, -0.05) is 12.1 Å². The molecule has 5 heterocycles. The van der Waals surface area contributed by atoms with E-state index in [1.807, 2.05) is 18.4 Å². The summed E-state index contributed by atoms with van der Waals surface area (Å²) in [5.74, 6) is -1.18. The van der Waals surface area contributed by atoms with Gasteiger partial charge in [-0.3, -0.25) is 34.3 Å². The van der Waals surface area contributed by atoms with Crippen LogP contribution in [0.4, 0.5) is 0 Å². The van der Waals surface area contributed by atoms with Gasteiger partial charge in [-0.2, -0.15) is 0 Å². The molecule has 1 unspecified atom stereocenters. The van der Waals surface area contributed by atoms with E-state index in [4.69, 9.17) is 4.98 Å². The maximum absolute atomic E-state index is 13.1. The molecule has 2 aromatic heterocycles. The molecule has 3 aliphatic rings. The summed E-state index contributed by atoms with van der Waals surface area (Å²) in [5.41, 5.74) is 3.76. The molecule has 3 aliphatic heterocycles. The Labute approximate surface area is 210 Å². The van der Waals surface area contributed by atoms with E-state index in [0.29, 0.717) is 17.7 Å². The molecule has 3 aromatic rings. The lowest BCUT2D eigenvalue weighted by atomic mass is 10.0. The van der Waals surface area contributed by atoms with Crippen molar-refractivity contribution >= 4 is 50.8 Å². The zero-order valence-electron chi connectivity index (χ0n) is 19.6. The summed E-state index contributed by atoms with van der Waals surface area (Å²) >= 11 is 1.62. The highest BCUT2D eigenvalue weighted by molar-refractivity contribution is 7.16. The average Bonchev–Trinajstić information content (AvgIpc) is 3.42. The second-order valence-corrected chi connectivity index (χ2v) is 10.2. The van der Waals surface area contributed by atoms with E-state index in [1.54, 1.807) is 23.5 Å². The first-order chi connectivity index (χ1) is 17.4. The summed E-state index contributed by atoms with van der Waals surface area (Å²) < 4.78 is 0. The first-order valence-corrected chi connectivity index (χ1v) is 12.7. The lowest BCUT2D eigenvalue weighted by molar-refractivity contribution is -0.136. The van der Waals surface area contributed by atoms with E-state index >= 15 is 0 Å². The molecule has 1 fully saturated rings. The van der Waals surface area contributed by atoms with E-state index in [-0.39, 0.29) is 18.7 Å². The fraction of sp³-hybridized carbons (Fsp3) is 0.308. The summed E-state index contributed by atoms with van der Waals surface area (Å²) in [6, 6.07) is 6.40. The fourth-order valence-corrected chi connectivity index (χ4v) is 5.96. The normalized spacial score (nSPS) is 20.6. The number of carbonyl (C=O) groups is 4. The van der Waals surface area contributed by atoms with E-state index in [2.05, 4.69) is 27.3 Å². The third-order valence-corrected chi connectivity index (χ3v) is 7.75. The second-order valence-electron chi connectivity index (χ2n) is 9.30. The number of aromatic nitrogens is 2. The van der Waals surface area contributed by atoms with Crippen molar-refractivity contribution in [3.05, 3.63) is 63.9 Å². The van der Waals surface area contributed by atoms with Crippen molar-refractivity contribution in [1.29, 1.82) is 0 Å². The van der Waals surface area contributed by atoms with Gasteiger partial charge in [0.05, 0.1) is 16.8 Å². The molecule has 36 heavy (non-hydrogen) atoms. The van der Waals surface area contributed by atoms with Crippen LogP contribution in [0.1, 0.15) is 57.1 Å². The van der Waals surface area contributed by atoms with E-state index in [1.165, 1.54) is 5.57 Å². The Morgan fingerprint density at radius 2 is 1.89 bits per heavy atom. The Morgan fingerprint density at radius 1 is 1.06 bits per heavy atom. The summed E-state index contributed by atoms with van der Waals surface area (Å²) in [5, 5.41) is 5.35. The van der Waals surface area contributed by atoms with Crippen molar-refractivity contribution in [2.24, 2.45) is 0 Å². The van der Waals surface area contributed by atoms with Crippen LogP contribution in [-0.4, -0.2) is 62.5 Å². The van der Waals surface area contributed by atoms with Gasteiger partial charge < -0.3 is 0 Å². The highest BCUT2D eigenvalue weighted by Gasteiger charge is 2.44. The number of nitrogens with one attached hydrogen (secondary N) is 1. The molecule has 9 nitrogen and oxygen atoms in total. The lowest BCUT2D eigenvalue weighted by Crippen LogP contribution is -2.54. The van der Waals surface area contributed by atoms with Crippen molar-refractivity contribution in [3.8, 4) is 0 Å². The van der Waals surface area contributed by atoms with Gasteiger partial charge >= 0.3 is 0 Å². The molecular weight excluding hydrogens is 478 g/mol. The van der Waals surface area contributed by atoms with Crippen LogP contribution in [0.2, 0.25) is 0 Å². The highest BCUT2D eigenvalue weighted by atomic mass is 32.1. The van der Waals surface area contributed by atoms with Crippen molar-refractivity contribution in [1.82, 2.24) is 25.1 Å². The van der Waals surface area contributed by atoms with Gasteiger partial charge in [0.2, 0.25) is 11.8 Å². The SMILES string of the molecule is Cc1nc(C2=CCN(Cc3ccc4c(c3)C(=O)N(C3CCC(=O)NC3=O)C4=O)CC2)c2ccsc2n1. The molecule has 10 heteroatoms. The number of amides is 4. The van der Waals surface area contributed by atoms with Crippen LogP contribution in [0.3, 0.4) is 0 Å². The van der Waals surface area contributed by atoms with Crippen molar-refractivity contribution in [2.45, 2.75) is 38.8 Å². The zero-order chi connectivity index (χ0) is 25.0. The van der Waals surface area contributed by atoms with E-state index in [9.17, 15) is 19.2 Å². The Kier molecular flexibility index (Phi) is 5.50. The number of aryl methyl sites for hydroxylation is 1. The number of nitrogens with zero attached hydrogens (tertiary/aromatic N) is 4. The number of benzene rings is 1. The van der Waals surface area contributed by atoms with Gasteiger partial charge in [-0.05, 0) is 54.5 Å². The number of thiophene rings is 1. The summed E-state index contributed by atoms with van der Waals surface area (Å²) in [6.45, 7) is 4.14. The third kappa shape index (κ3) is 3.82. The minimum absolute atomic E-state index is 0.103. The summed E-state index contributed by atoms with van der Waals surface area (Å²) in [6.07, 6.45) is 3.31. The lowest BCUT2D eigenvalue weighted by Gasteiger charge is -2.27. The molecule has 0 aliphatic carbocycles. The molecule has 0 saturated carbocycles. The van der Waals surface area contributed by atoms with Gasteiger partial charge in [0.15, 0.2) is 0 Å². The summed E-state index contributed by atoms with van der Waals surface area (Å²) in [4.78, 5) is 63.3. The number of imide groups is 2. The monoisotopic (exact) mass is 501 g/mol. The van der Waals surface area contributed by atoms with Crippen LogP contribution in [-0.2, 0) is 16.1 Å². The second kappa shape index (κ2) is 8.72. The molecule has 0 spiro atoms. The average molecular weight is 502 g/mol. The minimum atomic E-state index is -0.954. The van der Waals surface area contributed by atoms with Crippen molar-refractivity contribution < 1.29 is 19.2 Å². The molecule has 1 atom stereocenters. The molecule has 6 rings (SSSR count). The van der Waals surface area contributed by atoms with Gasteiger partial charge in [-0.15, -0.1) is 11.3 Å². The number of piperidine rings is 1. The summed E-state index contributed by atoms with van der Waals surface area (Å²) in [7, 11) is 0. The van der Waals surface area contributed by atoms with Gasteiger partial charge in [0.25, 0.3) is 11.8 Å². The molecule has 0 radical (unpaired) electrons. The maximum atomic E-state index is 13.1. The van der Waals surface area contributed by atoms with Crippen molar-refractivity contribution in [2.75, 3.05) is 13.1 Å². The quantitative estimate of drug-likeness (QED) is 0.547. The molecular formula is C26H23N5O4S. The Morgan fingerprint density at radius 3 is 2.67 bits per heavy atom. The number of hydrogen-bond donors (Lipinski definition) is 1. The van der Waals surface area contributed by atoms with E-state index in [0.717, 1.165) is 51.7 Å². The Bertz CT molecular complexity index is 1490. The molecule has 182 valence electrons. The molecule has 1 aromatic carbocycles. The zero-order valence-corrected chi connectivity index (χ0v) is 20.4. The predicted molar refractivity (Wildman–Crippen MR) is 133 cm³/mol. The minimum Gasteiger partial charge on any atom is -0.295 e. The molecule has 1 saturated heterocycles. The topological polar surface area (TPSA) is 113 Å². The number of carbonyl (C=O) groups excluding carboxylic acids is 4. The Hall–Kier alpha value is -3.76.